The quantitative estimate of drug-likeness (QED) is 0.512. The molecule has 3 heterocycles. The van der Waals surface area contributed by atoms with Crippen LogP contribution in [0.15, 0.2) is 30.3 Å². The molecule has 3 saturated heterocycles. The Bertz CT molecular complexity index is 582. The fraction of sp³-hybridized carbons (Fsp3) is 0.611. The Kier molecular flexibility index (Phi) is 3.48. The van der Waals surface area contributed by atoms with Crippen molar-refractivity contribution in [2.45, 2.75) is 49.2 Å². The summed E-state index contributed by atoms with van der Waals surface area (Å²) in [6, 6.07) is 10.2. The second-order valence-corrected chi connectivity index (χ2v) is 7.51. The largest absolute Gasteiger partial charge is 0.461 e. The van der Waals surface area contributed by atoms with E-state index in [1.807, 2.05) is 30.3 Å². The number of hydrogen-bond acceptors (Lipinski definition) is 4. The van der Waals surface area contributed by atoms with Gasteiger partial charge in [-0.3, -0.25) is 4.79 Å². The lowest BCUT2D eigenvalue weighted by molar-refractivity contribution is -0.938. The number of carbonyl (C=O) groups excluding carboxylic acids is 1. The number of carbonyl (C=O) groups is 1. The van der Waals surface area contributed by atoms with Crippen molar-refractivity contribution in [3.8, 4) is 0 Å². The second-order valence-electron chi connectivity index (χ2n) is 7.51. The molecule has 124 valence electrons. The number of benzene rings is 1. The van der Waals surface area contributed by atoms with E-state index in [2.05, 4.69) is 14.1 Å². The van der Waals surface area contributed by atoms with Crippen molar-refractivity contribution in [2.75, 3.05) is 20.7 Å². The number of aliphatic hydroxyl groups excluding tert-OH is 1. The third kappa shape index (κ3) is 2.38. The van der Waals surface area contributed by atoms with E-state index in [1.54, 1.807) is 0 Å². The maximum Gasteiger partial charge on any atom is 0.316 e. The van der Waals surface area contributed by atoms with E-state index in [9.17, 15) is 9.90 Å². The molecule has 1 aromatic rings. The molecular weight excluding hydrogens is 294 g/mol. The first kappa shape index (κ1) is 15.1. The number of hydrogen-bond donors (Lipinski definition) is 1. The van der Waals surface area contributed by atoms with Gasteiger partial charge in [-0.1, -0.05) is 30.3 Å². The van der Waals surface area contributed by atoms with Gasteiger partial charge in [0, 0.05) is 12.8 Å². The smallest absolute Gasteiger partial charge is 0.316 e. The summed E-state index contributed by atoms with van der Waals surface area (Å²) in [4.78, 5) is 12.5. The normalized spacial score (nSPS) is 37.8. The molecule has 1 aromatic carbocycles. The SMILES string of the molecule is C[N+]1(C)[C@@H]2CC(OC(=O)[C@H](CO)c3ccccc3)C[C@H]1[C@H]1O[C@H]12. The standard InChI is InChI=1S/C18H24NO4/c1-19(2)14-8-12(9-15(19)17-16(14)23-17)22-18(21)13(10-20)11-6-4-3-5-7-11/h3-7,12-17,20H,8-10H2,1-2H3/q+1/t12?,13-,14-,15+,16+,17-/m1/s1. The number of esters is 1. The van der Waals surface area contributed by atoms with Gasteiger partial charge in [0.05, 0.1) is 20.7 Å². The van der Waals surface area contributed by atoms with Gasteiger partial charge in [-0.05, 0) is 5.56 Å². The number of nitrogens with zero attached hydrogens (tertiary/aromatic N) is 1. The number of piperidine rings is 1. The first-order chi connectivity index (χ1) is 11.0. The van der Waals surface area contributed by atoms with E-state index in [0.29, 0.717) is 24.3 Å². The Balaban J connectivity index is 1.44. The molecule has 4 rings (SSSR count). The van der Waals surface area contributed by atoms with Crippen molar-refractivity contribution in [1.29, 1.82) is 0 Å². The number of ether oxygens (including phenoxy) is 2. The summed E-state index contributed by atoms with van der Waals surface area (Å²) in [6.07, 6.45) is 2.34. The third-order valence-corrected chi connectivity index (χ3v) is 5.99. The summed E-state index contributed by atoms with van der Waals surface area (Å²) in [5.74, 6) is -0.908. The molecule has 0 amide bonds. The summed E-state index contributed by atoms with van der Waals surface area (Å²) in [5, 5.41) is 9.60. The highest BCUT2D eigenvalue weighted by atomic mass is 16.6. The zero-order chi connectivity index (χ0) is 16.2. The minimum Gasteiger partial charge on any atom is -0.461 e. The molecule has 0 spiro atoms. The highest BCUT2D eigenvalue weighted by Gasteiger charge is 2.70. The molecule has 1 unspecified atom stereocenters. The molecule has 5 heteroatoms. The number of rotatable bonds is 4. The van der Waals surface area contributed by atoms with Gasteiger partial charge in [-0.25, -0.2) is 0 Å². The maximum atomic E-state index is 12.5. The number of likely N-dealkylation sites (N-methyl/N-ethyl adjacent to an activating group) is 1. The van der Waals surface area contributed by atoms with Gasteiger partial charge >= 0.3 is 5.97 Å². The first-order valence-electron chi connectivity index (χ1n) is 8.37. The van der Waals surface area contributed by atoms with Gasteiger partial charge in [0.2, 0.25) is 0 Å². The van der Waals surface area contributed by atoms with Crippen molar-refractivity contribution in [3.05, 3.63) is 35.9 Å². The van der Waals surface area contributed by atoms with Gasteiger partial charge in [-0.2, -0.15) is 0 Å². The van der Waals surface area contributed by atoms with E-state index < -0.39 is 5.92 Å². The molecule has 0 saturated carbocycles. The minimum absolute atomic E-state index is 0.0576. The Morgan fingerprint density at radius 2 is 1.87 bits per heavy atom. The zero-order valence-corrected chi connectivity index (χ0v) is 13.6. The first-order valence-corrected chi connectivity index (χ1v) is 8.37. The molecule has 1 N–H and O–H groups in total. The lowest BCUT2D eigenvalue weighted by Crippen LogP contribution is -2.60. The molecule has 5 nitrogen and oxygen atoms in total. The Morgan fingerprint density at radius 3 is 2.43 bits per heavy atom. The molecule has 3 aliphatic heterocycles. The van der Waals surface area contributed by atoms with Crippen LogP contribution < -0.4 is 0 Å². The second kappa shape index (κ2) is 5.30. The van der Waals surface area contributed by atoms with Crippen molar-refractivity contribution in [2.24, 2.45) is 0 Å². The molecule has 23 heavy (non-hydrogen) atoms. The van der Waals surface area contributed by atoms with Crippen LogP contribution in [0.25, 0.3) is 0 Å². The predicted molar refractivity (Wildman–Crippen MR) is 83.7 cm³/mol. The van der Waals surface area contributed by atoms with Crippen LogP contribution in [0.3, 0.4) is 0 Å². The van der Waals surface area contributed by atoms with Gasteiger partial charge in [0.1, 0.15) is 36.3 Å². The summed E-state index contributed by atoms with van der Waals surface area (Å²) in [7, 11) is 4.51. The summed E-state index contributed by atoms with van der Waals surface area (Å²) in [5.41, 5.74) is 0.807. The average Bonchev–Trinajstić information content (AvgIpc) is 3.27. The van der Waals surface area contributed by atoms with E-state index in [0.717, 1.165) is 22.9 Å². The number of aliphatic hydroxyl groups is 1. The summed E-state index contributed by atoms with van der Waals surface area (Å²) in [6.45, 7) is -0.224. The van der Waals surface area contributed by atoms with Crippen LogP contribution in [-0.2, 0) is 14.3 Å². The molecule has 3 fully saturated rings. The van der Waals surface area contributed by atoms with Crippen LogP contribution in [0.5, 0.6) is 0 Å². The highest BCUT2D eigenvalue weighted by molar-refractivity contribution is 5.78. The van der Waals surface area contributed by atoms with Crippen LogP contribution in [0, 0.1) is 0 Å². The Labute approximate surface area is 136 Å². The molecule has 2 bridgehead atoms. The van der Waals surface area contributed by atoms with E-state index in [-0.39, 0.29) is 18.7 Å². The zero-order valence-electron chi connectivity index (χ0n) is 13.6. The number of fused-ring (bicyclic) bond motifs is 5. The van der Waals surface area contributed by atoms with Crippen molar-refractivity contribution in [3.63, 3.8) is 0 Å². The molecule has 0 aromatic heterocycles. The lowest BCUT2D eigenvalue weighted by atomic mass is 9.95. The van der Waals surface area contributed by atoms with E-state index >= 15 is 0 Å². The van der Waals surface area contributed by atoms with Gasteiger partial charge in [-0.15, -0.1) is 0 Å². The monoisotopic (exact) mass is 318 g/mol. The summed E-state index contributed by atoms with van der Waals surface area (Å²) < 4.78 is 12.5. The predicted octanol–water partition coefficient (Wildman–Crippen LogP) is 1.06. The van der Waals surface area contributed by atoms with Gasteiger partial charge < -0.3 is 19.1 Å². The maximum absolute atomic E-state index is 12.5. The minimum atomic E-state index is -0.593. The van der Waals surface area contributed by atoms with Crippen LogP contribution in [0.1, 0.15) is 24.3 Å². The molecular formula is C18H24NO4+. The van der Waals surface area contributed by atoms with E-state index in [4.69, 9.17) is 9.47 Å². The van der Waals surface area contributed by atoms with Crippen LogP contribution in [-0.4, -0.2) is 66.7 Å². The van der Waals surface area contributed by atoms with Gasteiger partial charge in [0.15, 0.2) is 0 Å². The van der Waals surface area contributed by atoms with Crippen LogP contribution in [0.4, 0.5) is 0 Å². The topological polar surface area (TPSA) is 59.1 Å². The lowest BCUT2D eigenvalue weighted by Gasteiger charge is -2.45. The van der Waals surface area contributed by atoms with Crippen LogP contribution in [0.2, 0.25) is 0 Å². The molecule has 0 aliphatic carbocycles. The van der Waals surface area contributed by atoms with Crippen molar-refractivity contribution < 1.29 is 23.9 Å². The van der Waals surface area contributed by atoms with Crippen molar-refractivity contribution >= 4 is 5.97 Å². The van der Waals surface area contributed by atoms with E-state index in [1.165, 1.54) is 0 Å². The Hall–Kier alpha value is -1.43. The molecule has 0 radical (unpaired) electrons. The fourth-order valence-electron chi connectivity index (χ4n) is 4.55. The fourth-order valence-corrected chi connectivity index (χ4v) is 4.55. The van der Waals surface area contributed by atoms with Gasteiger partial charge in [0.25, 0.3) is 0 Å². The molecule has 3 aliphatic rings. The highest BCUT2D eigenvalue weighted by Crippen LogP contribution is 2.51. The number of epoxide rings is 1. The van der Waals surface area contributed by atoms with Crippen LogP contribution >= 0.6 is 0 Å². The third-order valence-electron chi connectivity index (χ3n) is 5.99. The summed E-state index contributed by atoms with van der Waals surface area (Å²) >= 11 is 0. The molecule has 6 atom stereocenters. The van der Waals surface area contributed by atoms with Crippen molar-refractivity contribution in [1.82, 2.24) is 0 Å². The average molecular weight is 318 g/mol. The number of quaternary nitrogens is 1. The number of morpholine rings is 1. The Morgan fingerprint density at radius 1 is 1.26 bits per heavy atom.